The fourth-order valence-electron chi connectivity index (χ4n) is 2.25. The largest absolute Gasteiger partial charge is 0.369 e. The molecule has 5 heteroatoms. The van der Waals surface area contributed by atoms with E-state index in [1.54, 1.807) is 6.20 Å². The second-order valence-corrected chi connectivity index (χ2v) is 4.66. The zero-order valence-electron chi connectivity index (χ0n) is 10.9. The predicted molar refractivity (Wildman–Crippen MR) is 74.7 cm³/mol. The Kier molecular flexibility index (Phi) is 2.67. The number of rotatable bonds is 2. The smallest absolute Gasteiger partial charge is 0.203 e. The van der Waals surface area contributed by atoms with Crippen molar-refractivity contribution in [2.75, 3.05) is 5.73 Å². The second-order valence-electron chi connectivity index (χ2n) is 4.66. The zero-order valence-corrected chi connectivity index (χ0v) is 10.9. The van der Waals surface area contributed by atoms with Gasteiger partial charge in [-0.25, -0.2) is 9.97 Å². The number of nitrogen functional groups attached to an aromatic ring is 1. The van der Waals surface area contributed by atoms with Crippen LogP contribution in [0.2, 0.25) is 0 Å². The summed E-state index contributed by atoms with van der Waals surface area (Å²) in [4.78, 5) is 13.0. The average molecular weight is 253 g/mol. The number of aryl methyl sites for hydroxylation is 1. The van der Waals surface area contributed by atoms with Crippen molar-refractivity contribution in [3.63, 3.8) is 0 Å². The summed E-state index contributed by atoms with van der Waals surface area (Å²) < 4.78 is 1.94. The van der Waals surface area contributed by atoms with Crippen LogP contribution in [-0.4, -0.2) is 19.5 Å². The van der Waals surface area contributed by atoms with Gasteiger partial charge in [0, 0.05) is 18.6 Å². The maximum atomic E-state index is 6.03. The molecule has 0 aromatic carbocycles. The maximum Gasteiger partial charge on any atom is 0.203 e. The van der Waals surface area contributed by atoms with E-state index in [4.69, 9.17) is 5.73 Å². The number of pyridine rings is 2. The van der Waals surface area contributed by atoms with E-state index in [2.05, 4.69) is 21.9 Å². The molecular formula is C14H15N5. The minimum Gasteiger partial charge on any atom is -0.369 e. The van der Waals surface area contributed by atoms with Crippen LogP contribution in [0.5, 0.6) is 0 Å². The highest BCUT2D eigenvalue weighted by molar-refractivity contribution is 5.75. The van der Waals surface area contributed by atoms with E-state index in [0.717, 1.165) is 22.3 Å². The first-order valence-corrected chi connectivity index (χ1v) is 6.17. The lowest BCUT2D eigenvalue weighted by molar-refractivity contribution is 0.659. The number of aromatic nitrogens is 4. The molecule has 5 nitrogen and oxygen atoms in total. The molecule has 1 atom stereocenters. The van der Waals surface area contributed by atoms with Crippen LogP contribution in [0.1, 0.15) is 24.1 Å². The van der Waals surface area contributed by atoms with Crippen LogP contribution in [0.25, 0.3) is 11.2 Å². The molecule has 3 aromatic heterocycles. The summed E-state index contributed by atoms with van der Waals surface area (Å²) in [6.07, 6.45) is 5.42. The van der Waals surface area contributed by atoms with Gasteiger partial charge in [0.1, 0.15) is 5.52 Å². The Morgan fingerprint density at radius 1 is 1.32 bits per heavy atom. The fraction of sp³-hybridized carbons (Fsp3) is 0.214. The first-order chi connectivity index (χ1) is 9.16. The number of nitrogens with zero attached hydrogens (tertiary/aromatic N) is 4. The molecule has 96 valence electrons. The molecule has 0 aliphatic carbocycles. The van der Waals surface area contributed by atoms with E-state index in [0.29, 0.717) is 5.95 Å². The van der Waals surface area contributed by atoms with Gasteiger partial charge in [0.05, 0.1) is 6.04 Å². The summed E-state index contributed by atoms with van der Waals surface area (Å²) in [5.41, 5.74) is 9.82. The molecule has 2 N–H and O–H groups in total. The summed E-state index contributed by atoms with van der Waals surface area (Å²) in [5.74, 6) is 0.476. The molecule has 19 heavy (non-hydrogen) atoms. The molecule has 3 rings (SSSR count). The van der Waals surface area contributed by atoms with Crippen LogP contribution in [-0.2, 0) is 0 Å². The first kappa shape index (κ1) is 11.6. The Balaban J connectivity index is 2.17. The van der Waals surface area contributed by atoms with Crippen molar-refractivity contribution in [3.8, 4) is 0 Å². The fourth-order valence-corrected chi connectivity index (χ4v) is 2.25. The van der Waals surface area contributed by atoms with Gasteiger partial charge in [0.25, 0.3) is 0 Å². The van der Waals surface area contributed by atoms with Crippen molar-refractivity contribution >= 4 is 17.1 Å². The summed E-state index contributed by atoms with van der Waals surface area (Å²) in [6, 6.07) is 5.98. The third kappa shape index (κ3) is 1.93. The monoisotopic (exact) mass is 253 g/mol. The van der Waals surface area contributed by atoms with E-state index in [-0.39, 0.29) is 6.04 Å². The van der Waals surface area contributed by atoms with Gasteiger partial charge in [0.15, 0.2) is 5.65 Å². The molecule has 0 fully saturated rings. The van der Waals surface area contributed by atoms with E-state index in [1.165, 1.54) is 0 Å². The molecular weight excluding hydrogens is 238 g/mol. The van der Waals surface area contributed by atoms with Gasteiger partial charge < -0.3 is 5.73 Å². The highest BCUT2D eigenvalue weighted by atomic mass is 15.2. The lowest BCUT2D eigenvalue weighted by Crippen LogP contribution is -2.10. The van der Waals surface area contributed by atoms with Crippen LogP contribution in [0.4, 0.5) is 5.95 Å². The normalized spacial score (nSPS) is 12.7. The maximum absolute atomic E-state index is 6.03. The molecule has 1 unspecified atom stereocenters. The molecule has 3 aromatic rings. The predicted octanol–water partition coefficient (Wildman–Crippen LogP) is 2.33. The van der Waals surface area contributed by atoms with Gasteiger partial charge >= 0.3 is 0 Å². The van der Waals surface area contributed by atoms with Gasteiger partial charge in [-0.1, -0.05) is 6.07 Å². The minimum absolute atomic E-state index is 0.0499. The Labute approximate surface area is 111 Å². The SMILES string of the molecule is Cc1cnc2c(c1)nc(N)n2C(C)c1cccnc1. The molecule has 0 amide bonds. The number of fused-ring (bicyclic) bond motifs is 1. The average Bonchev–Trinajstić information content (AvgIpc) is 2.74. The number of anilines is 1. The minimum atomic E-state index is 0.0499. The molecule has 0 saturated carbocycles. The summed E-state index contributed by atoms with van der Waals surface area (Å²) >= 11 is 0. The molecule has 0 aliphatic rings. The van der Waals surface area contributed by atoms with Crippen LogP contribution in [0.15, 0.2) is 36.8 Å². The lowest BCUT2D eigenvalue weighted by Gasteiger charge is -2.15. The summed E-state index contributed by atoms with van der Waals surface area (Å²) in [5, 5.41) is 0. The van der Waals surface area contributed by atoms with Gasteiger partial charge in [-0.2, -0.15) is 0 Å². The van der Waals surface area contributed by atoms with Gasteiger partial charge in [-0.3, -0.25) is 9.55 Å². The van der Waals surface area contributed by atoms with Crippen LogP contribution in [0.3, 0.4) is 0 Å². The lowest BCUT2D eigenvalue weighted by atomic mass is 10.1. The summed E-state index contributed by atoms with van der Waals surface area (Å²) in [7, 11) is 0. The first-order valence-electron chi connectivity index (χ1n) is 6.17. The van der Waals surface area contributed by atoms with Gasteiger partial charge in [-0.05, 0) is 37.1 Å². The third-order valence-electron chi connectivity index (χ3n) is 3.25. The molecule has 0 bridgehead atoms. The Morgan fingerprint density at radius 3 is 2.89 bits per heavy atom. The number of hydrogen-bond donors (Lipinski definition) is 1. The van der Waals surface area contributed by atoms with E-state index in [1.807, 2.05) is 42.1 Å². The van der Waals surface area contributed by atoms with Crippen molar-refractivity contribution in [1.29, 1.82) is 0 Å². The number of imidazole rings is 1. The second kappa shape index (κ2) is 4.35. The Morgan fingerprint density at radius 2 is 2.16 bits per heavy atom. The molecule has 0 saturated heterocycles. The van der Waals surface area contributed by atoms with Gasteiger partial charge in [-0.15, -0.1) is 0 Å². The topological polar surface area (TPSA) is 69.6 Å². The molecule has 0 radical (unpaired) electrons. The van der Waals surface area contributed by atoms with Crippen molar-refractivity contribution < 1.29 is 0 Å². The zero-order chi connectivity index (χ0) is 13.4. The number of hydrogen-bond acceptors (Lipinski definition) is 4. The van der Waals surface area contributed by atoms with Crippen molar-refractivity contribution in [3.05, 3.63) is 47.9 Å². The Hall–Kier alpha value is -2.43. The van der Waals surface area contributed by atoms with Crippen molar-refractivity contribution in [1.82, 2.24) is 19.5 Å². The summed E-state index contributed by atoms with van der Waals surface area (Å²) in [6.45, 7) is 4.06. The molecule has 3 heterocycles. The van der Waals surface area contributed by atoms with Crippen LogP contribution >= 0.6 is 0 Å². The molecule has 0 aliphatic heterocycles. The highest BCUT2D eigenvalue weighted by Gasteiger charge is 2.16. The highest BCUT2D eigenvalue weighted by Crippen LogP contribution is 2.25. The van der Waals surface area contributed by atoms with Crippen LogP contribution < -0.4 is 5.73 Å². The quantitative estimate of drug-likeness (QED) is 0.761. The van der Waals surface area contributed by atoms with E-state index < -0.39 is 0 Å². The standard InChI is InChI=1S/C14H15N5/c1-9-6-12-13(17-7-9)19(14(15)18-12)10(2)11-4-3-5-16-8-11/h3-8,10H,1-2H3,(H2,15,18). The molecule has 0 spiro atoms. The van der Waals surface area contributed by atoms with E-state index >= 15 is 0 Å². The Bertz CT molecular complexity index is 717. The van der Waals surface area contributed by atoms with Gasteiger partial charge in [0.2, 0.25) is 5.95 Å². The van der Waals surface area contributed by atoms with Crippen molar-refractivity contribution in [2.45, 2.75) is 19.9 Å². The van der Waals surface area contributed by atoms with Crippen molar-refractivity contribution in [2.24, 2.45) is 0 Å². The van der Waals surface area contributed by atoms with E-state index in [9.17, 15) is 0 Å². The third-order valence-corrected chi connectivity index (χ3v) is 3.25. The van der Waals surface area contributed by atoms with Crippen LogP contribution in [0, 0.1) is 6.92 Å². The number of nitrogens with two attached hydrogens (primary N) is 1.